The van der Waals surface area contributed by atoms with Crippen LogP contribution in [-0.4, -0.2) is 48.4 Å². The largest absolute Gasteiger partial charge is 0.345 e. The van der Waals surface area contributed by atoms with E-state index in [1.54, 1.807) is 24.3 Å². The van der Waals surface area contributed by atoms with Gasteiger partial charge in [-0.25, -0.2) is 0 Å². The Balaban J connectivity index is 1.56. The highest BCUT2D eigenvalue weighted by Crippen LogP contribution is 2.33. The number of carbonyl (C=O) groups is 2. The van der Waals surface area contributed by atoms with E-state index in [9.17, 15) is 9.59 Å². The lowest BCUT2D eigenvalue weighted by molar-refractivity contribution is -0.137. The zero-order chi connectivity index (χ0) is 19.9. The average Bonchev–Trinajstić information content (AvgIpc) is 2.71. The number of carbonyl (C=O) groups excluding carboxylic acids is 2. The predicted octanol–water partition coefficient (Wildman–Crippen LogP) is 2.77. The number of piperidine rings is 1. The van der Waals surface area contributed by atoms with Crippen molar-refractivity contribution in [3.63, 3.8) is 0 Å². The predicted molar refractivity (Wildman–Crippen MR) is 112 cm³/mol. The summed E-state index contributed by atoms with van der Waals surface area (Å²) in [7, 11) is 0. The van der Waals surface area contributed by atoms with Gasteiger partial charge in [0.05, 0.1) is 0 Å². The fraction of sp³-hybridized carbons (Fsp3) is 0.619. The van der Waals surface area contributed by atoms with Crippen molar-refractivity contribution in [1.82, 2.24) is 10.2 Å². The molecule has 6 nitrogen and oxygen atoms in total. The van der Waals surface area contributed by atoms with E-state index in [-0.39, 0.29) is 6.04 Å². The zero-order valence-corrected chi connectivity index (χ0v) is 17.1. The molecule has 0 bridgehead atoms. The second kappa shape index (κ2) is 10.2. The van der Waals surface area contributed by atoms with E-state index in [1.165, 1.54) is 32.1 Å². The van der Waals surface area contributed by atoms with Gasteiger partial charge in [0.15, 0.2) is 0 Å². The van der Waals surface area contributed by atoms with Gasteiger partial charge in [-0.05, 0) is 55.9 Å². The van der Waals surface area contributed by atoms with Crippen molar-refractivity contribution in [2.24, 2.45) is 11.7 Å². The van der Waals surface area contributed by atoms with Crippen LogP contribution in [0.3, 0.4) is 0 Å². The van der Waals surface area contributed by atoms with E-state index in [4.69, 9.17) is 17.3 Å². The molecule has 2 atom stereocenters. The molecular formula is C21H31ClN4O2. The van der Waals surface area contributed by atoms with Crippen LogP contribution in [0.4, 0.5) is 5.69 Å². The van der Waals surface area contributed by atoms with Crippen molar-refractivity contribution in [2.45, 2.75) is 57.0 Å². The number of nitrogens with two attached hydrogens (primary N) is 1. The van der Waals surface area contributed by atoms with Gasteiger partial charge in [0.2, 0.25) is 0 Å². The van der Waals surface area contributed by atoms with Gasteiger partial charge in [0.1, 0.15) is 0 Å². The van der Waals surface area contributed by atoms with Crippen LogP contribution in [0.5, 0.6) is 0 Å². The van der Waals surface area contributed by atoms with Crippen molar-refractivity contribution >= 4 is 29.1 Å². The van der Waals surface area contributed by atoms with E-state index in [0.717, 1.165) is 25.9 Å². The highest BCUT2D eigenvalue weighted by atomic mass is 35.5. The van der Waals surface area contributed by atoms with Crippen LogP contribution >= 0.6 is 11.6 Å². The van der Waals surface area contributed by atoms with Gasteiger partial charge in [-0.2, -0.15) is 0 Å². The molecule has 0 radical (unpaired) electrons. The number of likely N-dealkylation sites (tertiary alicyclic amines) is 1. The smallest absolute Gasteiger partial charge is 0.313 e. The van der Waals surface area contributed by atoms with E-state index < -0.39 is 11.8 Å². The summed E-state index contributed by atoms with van der Waals surface area (Å²) in [6.07, 6.45) is 8.15. The number of anilines is 1. The molecule has 1 aromatic carbocycles. The fourth-order valence-electron chi connectivity index (χ4n) is 4.60. The van der Waals surface area contributed by atoms with E-state index >= 15 is 0 Å². The molecule has 1 aliphatic carbocycles. The van der Waals surface area contributed by atoms with Gasteiger partial charge in [-0.15, -0.1) is 0 Å². The quantitative estimate of drug-likeness (QED) is 0.656. The van der Waals surface area contributed by atoms with Crippen LogP contribution < -0.4 is 16.4 Å². The number of amides is 2. The molecule has 7 heteroatoms. The second-order valence-corrected chi connectivity index (χ2v) is 8.38. The molecule has 1 aromatic rings. The van der Waals surface area contributed by atoms with Crippen molar-refractivity contribution in [2.75, 3.05) is 25.0 Å². The first kappa shape index (κ1) is 21.1. The van der Waals surface area contributed by atoms with Crippen molar-refractivity contribution in [3.05, 3.63) is 29.3 Å². The monoisotopic (exact) mass is 406 g/mol. The number of nitrogens with one attached hydrogen (secondary N) is 2. The van der Waals surface area contributed by atoms with Crippen molar-refractivity contribution in [3.8, 4) is 0 Å². The summed E-state index contributed by atoms with van der Waals surface area (Å²) in [4.78, 5) is 27.1. The Morgan fingerprint density at radius 1 is 1.07 bits per heavy atom. The summed E-state index contributed by atoms with van der Waals surface area (Å²) in [6, 6.07) is 7.19. The SMILES string of the molecule is NCCN1CCC(NC(=O)C(=O)Nc2ccc(Cl)cc2)CC1C1CCCCC1. The molecule has 1 saturated carbocycles. The van der Waals surface area contributed by atoms with Crippen LogP contribution in [0.2, 0.25) is 5.02 Å². The maximum absolute atomic E-state index is 12.4. The third kappa shape index (κ3) is 5.69. The molecule has 0 aromatic heterocycles. The normalized spacial score (nSPS) is 23.9. The molecule has 2 fully saturated rings. The molecule has 2 amide bonds. The van der Waals surface area contributed by atoms with E-state index in [1.807, 2.05) is 0 Å². The Hall–Kier alpha value is -1.63. The minimum absolute atomic E-state index is 0.0319. The number of rotatable bonds is 5. The summed E-state index contributed by atoms with van der Waals surface area (Å²) in [5.41, 5.74) is 6.37. The number of benzene rings is 1. The molecular weight excluding hydrogens is 376 g/mol. The molecule has 1 saturated heterocycles. The first-order chi connectivity index (χ1) is 13.6. The Morgan fingerprint density at radius 2 is 1.79 bits per heavy atom. The van der Waals surface area contributed by atoms with Gasteiger partial charge in [-0.1, -0.05) is 30.9 Å². The second-order valence-electron chi connectivity index (χ2n) is 7.95. The molecule has 28 heavy (non-hydrogen) atoms. The van der Waals surface area contributed by atoms with Gasteiger partial charge in [0.25, 0.3) is 0 Å². The standard InChI is InChI=1S/C21H31ClN4O2/c22-16-6-8-17(9-7-16)24-20(27)21(28)25-18-10-12-26(13-11-23)19(14-18)15-4-2-1-3-5-15/h6-9,15,18-19H,1-5,10-14,23H2,(H,24,27)(H,25,28). The van der Waals surface area contributed by atoms with Crippen molar-refractivity contribution < 1.29 is 9.59 Å². The average molecular weight is 407 g/mol. The lowest BCUT2D eigenvalue weighted by Crippen LogP contribution is -2.55. The molecule has 4 N–H and O–H groups in total. The Kier molecular flexibility index (Phi) is 7.71. The third-order valence-electron chi connectivity index (χ3n) is 6.01. The zero-order valence-electron chi connectivity index (χ0n) is 16.3. The topological polar surface area (TPSA) is 87.5 Å². The van der Waals surface area contributed by atoms with Crippen LogP contribution in [0.1, 0.15) is 44.9 Å². The minimum atomic E-state index is -0.638. The minimum Gasteiger partial charge on any atom is -0.345 e. The maximum Gasteiger partial charge on any atom is 0.313 e. The highest BCUT2D eigenvalue weighted by molar-refractivity contribution is 6.39. The third-order valence-corrected chi connectivity index (χ3v) is 6.27. The summed E-state index contributed by atoms with van der Waals surface area (Å²) >= 11 is 5.85. The van der Waals surface area contributed by atoms with E-state index in [2.05, 4.69) is 15.5 Å². The molecule has 1 aliphatic heterocycles. The first-order valence-corrected chi connectivity index (χ1v) is 10.8. The molecule has 2 unspecified atom stereocenters. The maximum atomic E-state index is 12.4. The van der Waals surface area contributed by atoms with Crippen LogP contribution in [-0.2, 0) is 9.59 Å². The van der Waals surface area contributed by atoms with Gasteiger partial charge >= 0.3 is 11.8 Å². The molecule has 3 rings (SSSR count). The highest BCUT2D eigenvalue weighted by Gasteiger charge is 2.35. The Labute approximate surface area is 172 Å². The fourth-order valence-corrected chi connectivity index (χ4v) is 4.73. The van der Waals surface area contributed by atoms with Crippen LogP contribution in [0.25, 0.3) is 0 Å². The molecule has 1 heterocycles. The lowest BCUT2D eigenvalue weighted by Gasteiger charge is -2.44. The van der Waals surface area contributed by atoms with Gasteiger partial charge in [0, 0.05) is 42.4 Å². The summed E-state index contributed by atoms with van der Waals surface area (Å²) in [6.45, 7) is 2.48. The summed E-state index contributed by atoms with van der Waals surface area (Å²) in [5.74, 6) is -0.543. The number of hydrogen-bond donors (Lipinski definition) is 3. The van der Waals surface area contributed by atoms with Crippen LogP contribution in [0, 0.1) is 5.92 Å². The van der Waals surface area contributed by atoms with Crippen molar-refractivity contribution in [1.29, 1.82) is 0 Å². The number of halogens is 1. The van der Waals surface area contributed by atoms with Gasteiger partial charge in [-0.3, -0.25) is 14.5 Å². The van der Waals surface area contributed by atoms with Crippen LogP contribution in [0.15, 0.2) is 24.3 Å². The first-order valence-electron chi connectivity index (χ1n) is 10.4. The Bertz CT molecular complexity index is 656. The lowest BCUT2D eigenvalue weighted by atomic mass is 9.78. The number of nitrogens with zero attached hydrogens (tertiary/aromatic N) is 1. The van der Waals surface area contributed by atoms with Gasteiger partial charge < -0.3 is 16.4 Å². The Morgan fingerprint density at radius 3 is 2.46 bits per heavy atom. The van der Waals surface area contributed by atoms with E-state index in [0.29, 0.717) is 29.2 Å². The molecule has 154 valence electrons. The molecule has 2 aliphatic rings. The summed E-state index contributed by atoms with van der Waals surface area (Å²) in [5, 5.41) is 6.16. The summed E-state index contributed by atoms with van der Waals surface area (Å²) < 4.78 is 0. The number of hydrogen-bond acceptors (Lipinski definition) is 4. The molecule has 0 spiro atoms.